The molecule has 0 saturated heterocycles. The normalized spacial score (nSPS) is 10.4. The molecule has 4 heteroatoms. The number of ether oxygens (including phenoxy) is 1. The van der Waals surface area contributed by atoms with Crippen LogP contribution in [-0.4, -0.2) is 23.1 Å². The summed E-state index contributed by atoms with van der Waals surface area (Å²) in [5, 5.41) is 2.89. The zero-order chi connectivity index (χ0) is 13.0. The summed E-state index contributed by atoms with van der Waals surface area (Å²) in [7, 11) is 1.80. The van der Waals surface area contributed by atoms with Gasteiger partial charge in [0.15, 0.2) is 0 Å². The summed E-state index contributed by atoms with van der Waals surface area (Å²) >= 11 is 0. The zero-order valence-electron chi connectivity index (χ0n) is 10.8. The molecule has 4 nitrogen and oxygen atoms in total. The Labute approximate surface area is 107 Å². The van der Waals surface area contributed by atoms with Crippen LogP contribution in [0.4, 0.5) is 5.95 Å². The van der Waals surface area contributed by atoms with Crippen molar-refractivity contribution >= 4 is 5.95 Å². The molecule has 0 unspecified atom stereocenters. The Morgan fingerprint density at radius 2 is 1.61 bits per heavy atom. The van der Waals surface area contributed by atoms with Crippen molar-refractivity contribution < 1.29 is 4.74 Å². The van der Waals surface area contributed by atoms with Gasteiger partial charge in [-0.25, -0.2) is 9.97 Å². The molecule has 0 aliphatic carbocycles. The number of nitrogens with zero attached hydrogens (tertiary/aromatic N) is 2. The molecule has 0 saturated carbocycles. The third-order valence-electron chi connectivity index (χ3n) is 2.43. The van der Waals surface area contributed by atoms with Gasteiger partial charge in [0.25, 0.3) is 0 Å². The zero-order valence-corrected chi connectivity index (χ0v) is 10.8. The van der Waals surface area contributed by atoms with Crippen LogP contribution < -0.4 is 10.1 Å². The van der Waals surface area contributed by atoms with Crippen molar-refractivity contribution in [3.05, 3.63) is 36.7 Å². The van der Waals surface area contributed by atoms with Gasteiger partial charge in [0.1, 0.15) is 5.75 Å². The Balaban J connectivity index is 2.17. The van der Waals surface area contributed by atoms with Crippen molar-refractivity contribution in [1.82, 2.24) is 9.97 Å². The largest absolute Gasteiger partial charge is 0.491 e. The molecule has 0 aliphatic rings. The third-order valence-corrected chi connectivity index (χ3v) is 2.43. The van der Waals surface area contributed by atoms with Gasteiger partial charge in [0, 0.05) is 25.0 Å². The summed E-state index contributed by atoms with van der Waals surface area (Å²) in [6.07, 6.45) is 3.79. The molecule has 0 radical (unpaired) electrons. The van der Waals surface area contributed by atoms with Crippen molar-refractivity contribution in [3.63, 3.8) is 0 Å². The maximum Gasteiger partial charge on any atom is 0.222 e. The van der Waals surface area contributed by atoms with Gasteiger partial charge >= 0.3 is 0 Å². The minimum atomic E-state index is 0.189. The lowest BCUT2D eigenvalue weighted by atomic mass is 10.1. The van der Waals surface area contributed by atoms with Crippen LogP contribution in [0.5, 0.6) is 5.75 Å². The molecule has 0 aliphatic heterocycles. The number of rotatable bonds is 4. The van der Waals surface area contributed by atoms with Crippen LogP contribution in [-0.2, 0) is 0 Å². The third kappa shape index (κ3) is 2.97. The summed E-state index contributed by atoms with van der Waals surface area (Å²) in [6.45, 7) is 4.02. The molecule has 0 atom stereocenters. The van der Waals surface area contributed by atoms with Crippen LogP contribution in [0, 0.1) is 0 Å². The highest BCUT2D eigenvalue weighted by molar-refractivity contribution is 5.62. The average Bonchev–Trinajstić information content (AvgIpc) is 2.39. The standard InChI is InChI=1S/C14H17N3O/c1-10(2)18-13-6-4-11(5-7-13)12-8-16-14(15-3)17-9-12/h4-10H,1-3H3,(H,15,16,17). The van der Waals surface area contributed by atoms with E-state index < -0.39 is 0 Å². The Kier molecular flexibility index (Phi) is 3.77. The maximum atomic E-state index is 5.60. The predicted molar refractivity (Wildman–Crippen MR) is 72.8 cm³/mol. The Hall–Kier alpha value is -2.10. The fourth-order valence-electron chi connectivity index (χ4n) is 1.60. The summed E-state index contributed by atoms with van der Waals surface area (Å²) in [5.74, 6) is 1.50. The summed E-state index contributed by atoms with van der Waals surface area (Å²) in [6, 6.07) is 7.94. The monoisotopic (exact) mass is 243 g/mol. The second kappa shape index (κ2) is 5.49. The molecule has 0 bridgehead atoms. The molecule has 2 rings (SSSR count). The summed E-state index contributed by atoms with van der Waals surface area (Å²) in [5.41, 5.74) is 2.07. The first kappa shape index (κ1) is 12.4. The summed E-state index contributed by atoms with van der Waals surface area (Å²) in [4.78, 5) is 8.38. The molecule has 0 spiro atoms. The highest BCUT2D eigenvalue weighted by Gasteiger charge is 2.01. The van der Waals surface area contributed by atoms with Gasteiger partial charge in [-0.05, 0) is 31.5 Å². The first-order valence-electron chi connectivity index (χ1n) is 5.96. The molecule has 94 valence electrons. The molecule has 1 aromatic heterocycles. The van der Waals surface area contributed by atoms with Crippen LogP contribution in [0.1, 0.15) is 13.8 Å². The van der Waals surface area contributed by atoms with Gasteiger partial charge in [-0.15, -0.1) is 0 Å². The first-order chi connectivity index (χ1) is 8.69. The van der Waals surface area contributed by atoms with E-state index in [-0.39, 0.29) is 6.10 Å². The number of nitrogens with one attached hydrogen (secondary N) is 1. The Bertz CT molecular complexity index is 491. The molecule has 2 aromatic rings. The molecule has 1 aromatic carbocycles. The number of benzene rings is 1. The van der Waals surface area contributed by atoms with Gasteiger partial charge in [0.05, 0.1) is 6.10 Å². The van der Waals surface area contributed by atoms with Crippen molar-refractivity contribution in [2.45, 2.75) is 20.0 Å². The SMILES string of the molecule is CNc1ncc(-c2ccc(OC(C)C)cc2)cn1. The van der Waals surface area contributed by atoms with Crippen LogP contribution in [0.25, 0.3) is 11.1 Å². The lowest BCUT2D eigenvalue weighted by molar-refractivity contribution is 0.242. The van der Waals surface area contributed by atoms with Crippen molar-refractivity contribution in [2.75, 3.05) is 12.4 Å². The second-order valence-corrected chi connectivity index (χ2v) is 4.24. The van der Waals surface area contributed by atoms with E-state index in [0.29, 0.717) is 5.95 Å². The molecule has 1 heterocycles. The highest BCUT2D eigenvalue weighted by Crippen LogP contribution is 2.22. The first-order valence-corrected chi connectivity index (χ1v) is 5.96. The van der Waals surface area contributed by atoms with E-state index in [1.165, 1.54) is 0 Å². The Morgan fingerprint density at radius 1 is 1.00 bits per heavy atom. The van der Waals surface area contributed by atoms with Gasteiger partial charge in [0.2, 0.25) is 5.95 Å². The average molecular weight is 243 g/mol. The molecule has 18 heavy (non-hydrogen) atoms. The minimum Gasteiger partial charge on any atom is -0.491 e. The molecular formula is C14H17N3O. The number of hydrogen-bond donors (Lipinski definition) is 1. The predicted octanol–water partition coefficient (Wildman–Crippen LogP) is 2.97. The fourth-order valence-corrected chi connectivity index (χ4v) is 1.60. The van der Waals surface area contributed by atoms with E-state index in [0.717, 1.165) is 16.9 Å². The van der Waals surface area contributed by atoms with Crippen LogP contribution >= 0.6 is 0 Å². The topological polar surface area (TPSA) is 47.0 Å². The number of anilines is 1. The van der Waals surface area contributed by atoms with E-state index in [4.69, 9.17) is 4.74 Å². The van der Waals surface area contributed by atoms with Gasteiger partial charge in [-0.2, -0.15) is 0 Å². The summed E-state index contributed by atoms with van der Waals surface area (Å²) < 4.78 is 5.60. The maximum absolute atomic E-state index is 5.60. The lowest BCUT2D eigenvalue weighted by Crippen LogP contribution is -2.05. The van der Waals surface area contributed by atoms with Crippen LogP contribution in [0.15, 0.2) is 36.7 Å². The lowest BCUT2D eigenvalue weighted by Gasteiger charge is -2.10. The van der Waals surface area contributed by atoms with Gasteiger partial charge in [-0.1, -0.05) is 12.1 Å². The van der Waals surface area contributed by atoms with Crippen molar-refractivity contribution in [1.29, 1.82) is 0 Å². The van der Waals surface area contributed by atoms with Crippen LogP contribution in [0.2, 0.25) is 0 Å². The number of hydrogen-bond acceptors (Lipinski definition) is 4. The van der Waals surface area contributed by atoms with E-state index in [2.05, 4.69) is 15.3 Å². The van der Waals surface area contributed by atoms with Gasteiger partial charge < -0.3 is 10.1 Å². The van der Waals surface area contributed by atoms with Crippen molar-refractivity contribution in [3.8, 4) is 16.9 Å². The quantitative estimate of drug-likeness (QED) is 0.896. The smallest absolute Gasteiger partial charge is 0.222 e. The van der Waals surface area contributed by atoms with Gasteiger partial charge in [-0.3, -0.25) is 0 Å². The van der Waals surface area contributed by atoms with E-state index in [1.54, 1.807) is 19.4 Å². The Morgan fingerprint density at radius 3 is 2.11 bits per heavy atom. The fraction of sp³-hybridized carbons (Fsp3) is 0.286. The molecular weight excluding hydrogens is 226 g/mol. The number of aromatic nitrogens is 2. The van der Waals surface area contributed by atoms with E-state index in [9.17, 15) is 0 Å². The molecule has 0 fully saturated rings. The van der Waals surface area contributed by atoms with Crippen LogP contribution in [0.3, 0.4) is 0 Å². The van der Waals surface area contributed by atoms with E-state index in [1.807, 2.05) is 38.1 Å². The second-order valence-electron chi connectivity index (χ2n) is 4.24. The highest BCUT2D eigenvalue weighted by atomic mass is 16.5. The minimum absolute atomic E-state index is 0.189. The molecule has 0 amide bonds. The molecule has 1 N–H and O–H groups in total. The van der Waals surface area contributed by atoms with E-state index >= 15 is 0 Å². The van der Waals surface area contributed by atoms with Crippen molar-refractivity contribution in [2.24, 2.45) is 0 Å².